The summed E-state index contributed by atoms with van der Waals surface area (Å²) in [5.41, 5.74) is 8.73. The van der Waals surface area contributed by atoms with Crippen molar-refractivity contribution in [3.8, 4) is 33.5 Å². The van der Waals surface area contributed by atoms with Crippen molar-refractivity contribution in [1.29, 1.82) is 0 Å². The number of fused-ring (bicyclic) bond motifs is 9. The number of benzene rings is 6. The van der Waals surface area contributed by atoms with Crippen molar-refractivity contribution in [2.45, 2.75) is 0 Å². The van der Waals surface area contributed by atoms with E-state index in [0.29, 0.717) is 5.71 Å². The first kappa shape index (κ1) is 25.0. The van der Waals surface area contributed by atoms with E-state index in [1.807, 2.05) is 28.9 Å². The summed E-state index contributed by atoms with van der Waals surface area (Å²) < 4.78 is 11.5. The van der Waals surface area contributed by atoms with Crippen LogP contribution in [0.5, 0.6) is 0 Å². The molecule has 4 heterocycles. The van der Waals surface area contributed by atoms with Gasteiger partial charge in [0.1, 0.15) is 11.1 Å². The van der Waals surface area contributed by atoms with Gasteiger partial charge in [-0.1, -0.05) is 97.1 Å². The standard InChI is InChI=1S/C40H22N2OS2/c1-3-16-35-28(10-1)30-14-6-12-26(38(30)44-35)23-8-5-9-25(20-23)33-22-41-40-37(42-33)32-19-18-24(21-34(32)43-40)27-13-7-15-31-29-11-2-4-17-36(29)45-39(27)31/h1-22H. The summed E-state index contributed by atoms with van der Waals surface area (Å²) >= 11 is 3.69. The predicted octanol–water partition coefficient (Wildman–Crippen LogP) is 12.1. The Morgan fingerprint density at radius 1 is 0.489 bits per heavy atom. The fraction of sp³-hybridized carbons (Fsp3) is 0. The lowest BCUT2D eigenvalue weighted by Crippen LogP contribution is -1.88. The van der Waals surface area contributed by atoms with Gasteiger partial charge < -0.3 is 4.42 Å². The predicted molar refractivity (Wildman–Crippen MR) is 191 cm³/mol. The van der Waals surface area contributed by atoms with Crippen molar-refractivity contribution in [3.05, 3.63) is 134 Å². The second-order valence-electron chi connectivity index (χ2n) is 11.4. The molecule has 0 saturated heterocycles. The molecule has 0 fully saturated rings. The maximum atomic E-state index is 6.28. The zero-order valence-corrected chi connectivity index (χ0v) is 25.5. The van der Waals surface area contributed by atoms with Gasteiger partial charge in [0, 0.05) is 51.3 Å². The zero-order valence-electron chi connectivity index (χ0n) is 23.8. The smallest absolute Gasteiger partial charge is 0.246 e. The van der Waals surface area contributed by atoms with Crippen molar-refractivity contribution in [1.82, 2.24) is 9.97 Å². The summed E-state index contributed by atoms with van der Waals surface area (Å²) in [6.07, 6.45) is 1.82. The highest BCUT2D eigenvalue weighted by atomic mass is 32.1. The number of nitrogens with zero attached hydrogens (tertiary/aromatic N) is 2. The number of rotatable bonds is 3. The largest absolute Gasteiger partial charge is 0.436 e. The van der Waals surface area contributed by atoms with E-state index in [-0.39, 0.29) is 0 Å². The van der Waals surface area contributed by atoms with Crippen molar-refractivity contribution < 1.29 is 4.42 Å². The lowest BCUT2D eigenvalue weighted by atomic mass is 10.00. The summed E-state index contributed by atoms with van der Waals surface area (Å²) in [7, 11) is 0. The molecular weight excluding hydrogens is 589 g/mol. The molecule has 0 atom stereocenters. The molecule has 0 amide bonds. The van der Waals surface area contributed by atoms with Gasteiger partial charge >= 0.3 is 0 Å². The minimum Gasteiger partial charge on any atom is -0.436 e. The Balaban J connectivity index is 1.07. The maximum absolute atomic E-state index is 6.28. The van der Waals surface area contributed by atoms with Crippen LogP contribution in [0.2, 0.25) is 0 Å². The molecule has 0 bridgehead atoms. The first-order valence-corrected chi connectivity index (χ1v) is 16.5. The fourth-order valence-corrected chi connectivity index (χ4v) is 9.11. The Labute approximate surface area is 265 Å². The third-order valence-corrected chi connectivity index (χ3v) is 11.2. The van der Waals surface area contributed by atoms with Crippen LogP contribution < -0.4 is 0 Å². The molecule has 4 aromatic heterocycles. The van der Waals surface area contributed by atoms with Gasteiger partial charge in [-0.25, -0.2) is 9.97 Å². The number of aromatic nitrogens is 2. The Kier molecular flexibility index (Phi) is 5.32. The van der Waals surface area contributed by atoms with E-state index in [1.165, 1.54) is 57.0 Å². The van der Waals surface area contributed by atoms with Gasteiger partial charge in [-0.05, 0) is 52.6 Å². The molecule has 45 heavy (non-hydrogen) atoms. The highest BCUT2D eigenvalue weighted by molar-refractivity contribution is 7.26. The Morgan fingerprint density at radius 3 is 1.80 bits per heavy atom. The molecule has 0 unspecified atom stereocenters. The van der Waals surface area contributed by atoms with Crippen molar-refractivity contribution >= 4 is 85.2 Å². The molecule has 3 nitrogen and oxygen atoms in total. The lowest BCUT2D eigenvalue weighted by molar-refractivity contribution is 0.653. The molecule has 0 aliphatic heterocycles. The summed E-state index contributed by atoms with van der Waals surface area (Å²) in [4.78, 5) is 9.83. The quantitative estimate of drug-likeness (QED) is 0.200. The van der Waals surface area contributed by atoms with Gasteiger partial charge in [-0.15, -0.1) is 22.7 Å². The molecule has 0 aliphatic carbocycles. The molecule has 0 saturated carbocycles. The minimum atomic E-state index is 0.553. The third kappa shape index (κ3) is 3.81. The van der Waals surface area contributed by atoms with Crippen LogP contribution in [0.1, 0.15) is 0 Å². The average Bonchev–Trinajstić information content (AvgIpc) is 3.78. The van der Waals surface area contributed by atoms with E-state index in [9.17, 15) is 0 Å². The van der Waals surface area contributed by atoms with Crippen LogP contribution in [0.15, 0.2) is 138 Å². The summed E-state index contributed by atoms with van der Waals surface area (Å²) in [6, 6.07) is 45.4. The molecule has 10 aromatic rings. The van der Waals surface area contributed by atoms with Gasteiger partial charge in [0.15, 0.2) is 0 Å². The van der Waals surface area contributed by atoms with Crippen molar-refractivity contribution in [3.63, 3.8) is 0 Å². The van der Waals surface area contributed by atoms with E-state index < -0.39 is 0 Å². The average molecular weight is 611 g/mol. The first-order valence-electron chi connectivity index (χ1n) is 14.9. The van der Waals surface area contributed by atoms with Crippen LogP contribution >= 0.6 is 22.7 Å². The molecule has 6 aromatic carbocycles. The number of hydrogen-bond donors (Lipinski definition) is 0. The summed E-state index contributed by atoms with van der Waals surface area (Å²) in [5.74, 6) is 0. The summed E-state index contributed by atoms with van der Waals surface area (Å²) in [6.45, 7) is 0. The minimum absolute atomic E-state index is 0.553. The Bertz CT molecular complexity index is 2780. The van der Waals surface area contributed by atoms with Gasteiger partial charge in [-0.2, -0.15) is 0 Å². The van der Waals surface area contributed by atoms with Gasteiger partial charge in [0.25, 0.3) is 0 Å². The zero-order chi connectivity index (χ0) is 29.5. The van der Waals surface area contributed by atoms with Crippen LogP contribution in [-0.4, -0.2) is 9.97 Å². The molecular formula is C40H22N2OS2. The number of thiophene rings is 2. The van der Waals surface area contributed by atoms with Crippen molar-refractivity contribution in [2.24, 2.45) is 0 Å². The Morgan fingerprint density at radius 2 is 1.09 bits per heavy atom. The van der Waals surface area contributed by atoms with Gasteiger partial charge in [0.2, 0.25) is 5.71 Å². The monoisotopic (exact) mass is 610 g/mol. The van der Waals surface area contributed by atoms with Crippen LogP contribution in [0.4, 0.5) is 0 Å². The van der Waals surface area contributed by atoms with Gasteiger partial charge in [-0.3, -0.25) is 0 Å². The van der Waals surface area contributed by atoms with E-state index in [0.717, 1.165) is 33.3 Å². The van der Waals surface area contributed by atoms with E-state index in [2.05, 4.69) is 127 Å². The summed E-state index contributed by atoms with van der Waals surface area (Å²) in [5, 5.41) is 6.17. The molecule has 5 heteroatoms. The lowest BCUT2D eigenvalue weighted by Gasteiger charge is -2.07. The highest BCUT2D eigenvalue weighted by Crippen LogP contribution is 2.42. The second kappa shape index (κ2) is 9.57. The van der Waals surface area contributed by atoms with Crippen LogP contribution in [0.25, 0.3) is 96.1 Å². The molecule has 0 N–H and O–H groups in total. The van der Waals surface area contributed by atoms with Crippen LogP contribution in [0, 0.1) is 0 Å². The van der Waals surface area contributed by atoms with Gasteiger partial charge in [0.05, 0.1) is 11.9 Å². The van der Waals surface area contributed by atoms with E-state index >= 15 is 0 Å². The molecule has 210 valence electrons. The normalized spacial score (nSPS) is 12.0. The Hall–Kier alpha value is -5.36. The SMILES string of the molecule is c1cc(-c2cnc3oc4cc(-c5cccc6c5sc5ccccc56)ccc4c3n2)cc(-c2cccc3c2sc2ccccc23)c1. The van der Waals surface area contributed by atoms with Crippen molar-refractivity contribution in [2.75, 3.05) is 0 Å². The topological polar surface area (TPSA) is 38.9 Å². The first-order chi connectivity index (χ1) is 22.3. The number of furan rings is 1. The van der Waals surface area contributed by atoms with Crippen LogP contribution in [0.3, 0.4) is 0 Å². The molecule has 0 aliphatic rings. The third-order valence-electron chi connectivity index (χ3n) is 8.77. The molecule has 0 spiro atoms. The second-order valence-corrected chi connectivity index (χ2v) is 13.5. The fourth-order valence-electron chi connectivity index (χ4n) is 6.64. The van der Waals surface area contributed by atoms with E-state index in [4.69, 9.17) is 14.4 Å². The van der Waals surface area contributed by atoms with Crippen LogP contribution in [-0.2, 0) is 0 Å². The number of hydrogen-bond acceptors (Lipinski definition) is 5. The maximum Gasteiger partial charge on any atom is 0.246 e. The highest BCUT2D eigenvalue weighted by Gasteiger charge is 2.16. The molecule has 0 radical (unpaired) electrons. The molecule has 10 rings (SSSR count). The van der Waals surface area contributed by atoms with E-state index in [1.54, 1.807) is 0 Å².